The largest absolute Gasteiger partial charge is 0.497 e. The molecule has 0 bridgehead atoms. The van der Waals surface area contributed by atoms with Crippen molar-refractivity contribution in [2.75, 3.05) is 13.7 Å². The summed E-state index contributed by atoms with van der Waals surface area (Å²) < 4.78 is 32.9. The Morgan fingerprint density at radius 1 is 1.15 bits per heavy atom. The van der Waals surface area contributed by atoms with Crippen LogP contribution in [0.1, 0.15) is 24.5 Å². The number of rotatable bonds is 5. The van der Waals surface area contributed by atoms with E-state index in [1.807, 2.05) is 31.2 Å². The first kappa shape index (κ1) is 18.9. The van der Waals surface area contributed by atoms with Gasteiger partial charge in [-0.05, 0) is 56.5 Å². The molecule has 1 fully saturated rings. The molecule has 0 radical (unpaired) electrons. The van der Waals surface area contributed by atoms with E-state index in [2.05, 4.69) is 0 Å². The van der Waals surface area contributed by atoms with Gasteiger partial charge in [-0.3, -0.25) is 0 Å². The molecule has 5 nitrogen and oxygen atoms in total. The molecule has 0 spiro atoms. The summed E-state index contributed by atoms with van der Waals surface area (Å²) in [6.45, 7) is 3.71. The van der Waals surface area contributed by atoms with Crippen molar-refractivity contribution in [2.24, 2.45) is 0 Å². The highest BCUT2D eigenvalue weighted by molar-refractivity contribution is 7.89. The summed E-state index contributed by atoms with van der Waals surface area (Å²) in [6, 6.07) is 14.1. The molecule has 2 aromatic carbocycles. The van der Waals surface area contributed by atoms with E-state index in [-0.39, 0.29) is 17.5 Å². The SMILES string of the molecule is COc1ccc(C[C@@H]2C[C@](C)(O)CN2S(=O)(=O)c2ccc(C)cc2)cc1. The molecule has 2 aromatic rings. The average molecular weight is 375 g/mol. The standard InChI is InChI=1S/C20H25NO4S/c1-15-4-10-19(11-5-15)26(23,24)21-14-20(2,22)13-17(21)12-16-6-8-18(25-3)9-7-16/h4-11,17,22H,12-14H2,1-3H3/t17-,20+/m1/s1. The van der Waals surface area contributed by atoms with Crippen LogP contribution in [0.3, 0.4) is 0 Å². The van der Waals surface area contributed by atoms with Crippen LogP contribution >= 0.6 is 0 Å². The topological polar surface area (TPSA) is 66.8 Å². The summed E-state index contributed by atoms with van der Waals surface area (Å²) in [7, 11) is -2.05. The lowest BCUT2D eigenvalue weighted by Crippen LogP contribution is -2.38. The average Bonchev–Trinajstić information content (AvgIpc) is 2.91. The molecule has 1 saturated heterocycles. The number of hydrogen-bond donors (Lipinski definition) is 1. The first-order chi connectivity index (χ1) is 12.2. The third-order valence-corrected chi connectivity index (χ3v) is 6.75. The minimum absolute atomic E-state index is 0.101. The number of β-amino-alcohol motifs (C(OH)–C–C–N with tert-alkyl or cyclic N) is 1. The quantitative estimate of drug-likeness (QED) is 0.873. The third-order valence-electron chi connectivity index (χ3n) is 4.84. The summed E-state index contributed by atoms with van der Waals surface area (Å²) in [6.07, 6.45) is 0.954. The monoisotopic (exact) mass is 375 g/mol. The highest BCUT2D eigenvalue weighted by atomic mass is 32.2. The Kier molecular flexibility index (Phi) is 5.10. The Hall–Kier alpha value is -1.89. The number of sulfonamides is 1. The fourth-order valence-corrected chi connectivity index (χ4v) is 5.21. The zero-order valence-corrected chi connectivity index (χ0v) is 16.2. The van der Waals surface area contributed by atoms with Crippen molar-refractivity contribution < 1.29 is 18.3 Å². The molecule has 0 amide bonds. The van der Waals surface area contributed by atoms with E-state index in [0.717, 1.165) is 16.9 Å². The van der Waals surface area contributed by atoms with Gasteiger partial charge in [-0.15, -0.1) is 0 Å². The highest BCUT2D eigenvalue weighted by Crippen LogP contribution is 2.34. The Balaban J connectivity index is 1.88. The smallest absolute Gasteiger partial charge is 0.243 e. The van der Waals surface area contributed by atoms with Gasteiger partial charge in [-0.25, -0.2) is 8.42 Å². The summed E-state index contributed by atoms with van der Waals surface area (Å²) in [4.78, 5) is 0.264. The van der Waals surface area contributed by atoms with Gasteiger partial charge in [0.25, 0.3) is 0 Å². The van der Waals surface area contributed by atoms with Gasteiger partial charge in [-0.2, -0.15) is 4.31 Å². The number of aliphatic hydroxyl groups is 1. The van der Waals surface area contributed by atoms with Crippen LogP contribution in [0.25, 0.3) is 0 Å². The first-order valence-corrected chi connectivity index (χ1v) is 10.1. The normalized spacial score (nSPS) is 23.9. The number of nitrogens with zero attached hydrogens (tertiary/aromatic N) is 1. The molecule has 6 heteroatoms. The minimum Gasteiger partial charge on any atom is -0.497 e. The molecule has 26 heavy (non-hydrogen) atoms. The van der Waals surface area contributed by atoms with Crippen molar-refractivity contribution in [2.45, 2.75) is 43.2 Å². The van der Waals surface area contributed by atoms with Crippen molar-refractivity contribution in [3.63, 3.8) is 0 Å². The molecule has 140 valence electrons. The third kappa shape index (κ3) is 3.92. The lowest BCUT2D eigenvalue weighted by Gasteiger charge is -2.24. The lowest BCUT2D eigenvalue weighted by atomic mass is 9.98. The van der Waals surface area contributed by atoms with Gasteiger partial charge in [0.2, 0.25) is 10.0 Å². The first-order valence-electron chi connectivity index (χ1n) is 8.65. The van der Waals surface area contributed by atoms with Crippen LogP contribution in [-0.4, -0.2) is 43.1 Å². The Morgan fingerprint density at radius 3 is 2.35 bits per heavy atom. The van der Waals surface area contributed by atoms with Gasteiger partial charge in [0.1, 0.15) is 5.75 Å². The van der Waals surface area contributed by atoms with Crippen LogP contribution in [0.4, 0.5) is 0 Å². The van der Waals surface area contributed by atoms with Crippen LogP contribution < -0.4 is 4.74 Å². The predicted octanol–water partition coefficient (Wildman–Crippen LogP) is 2.76. The maximum Gasteiger partial charge on any atom is 0.243 e. The molecule has 0 unspecified atom stereocenters. The van der Waals surface area contributed by atoms with Crippen molar-refractivity contribution in [3.05, 3.63) is 59.7 Å². The second-order valence-electron chi connectivity index (χ2n) is 7.27. The Bertz CT molecular complexity index is 858. The number of ether oxygens (including phenoxy) is 1. The van der Waals surface area contributed by atoms with Gasteiger partial charge < -0.3 is 9.84 Å². The maximum atomic E-state index is 13.1. The van der Waals surface area contributed by atoms with E-state index in [4.69, 9.17) is 4.74 Å². The van der Waals surface area contributed by atoms with Gasteiger partial charge in [0, 0.05) is 12.6 Å². The molecule has 0 saturated carbocycles. The van der Waals surface area contributed by atoms with Crippen LogP contribution in [-0.2, 0) is 16.4 Å². The van der Waals surface area contributed by atoms with E-state index >= 15 is 0 Å². The second-order valence-corrected chi connectivity index (χ2v) is 9.16. The van der Waals surface area contributed by atoms with Crippen molar-refractivity contribution >= 4 is 10.0 Å². The molecule has 1 aliphatic heterocycles. The zero-order valence-electron chi connectivity index (χ0n) is 15.3. The van der Waals surface area contributed by atoms with E-state index in [0.29, 0.717) is 12.8 Å². The number of hydrogen-bond acceptors (Lipinski definition) is 4. The zero-order chi connectivity index (χ0) is 18.9. The van der Waals surface area contributed by atoms with Crippen LogP contribution in [0.5, 0.6) is 5.75 Å². The number of methoxy groups -OCH3 is 1. The Labute approximate surface area is 155 Å². The van der Waals surface area contributed by atoms with Crippen LogP contribution in [0, 0.1) is 6.92 Å². The van der Waals surface area contributed by atoms with E-state index in [9.17, 15) is 13.5 Å². The molecule has 2 atom stereocenters. The van der Waals surface area contributed by atoms with Crippen LogP contribution in [0.2, 0.25) is 0 Å². The molecule has 0 aromatic heterocycles. The van der Waals surface area contributed by atoms with E-state index in [1.165, 1.54) is 4.31 Å². The lowest BCUT2D eigenvalue weighted by molar-refractivity contribution is 0.0751. The Morgan fingerprint density at radius 2 is 1.77 bits per heavy atom. The molecule has 0 aliphatic carbocycles. The van der Waals surface area contributed by atoms with Gasteiger partial charge >= 0.3 is 0 Å². The summed E-state index contributed by atoms with van der Waals surface area (Å²) in [5.41, 5.74) is 0.985. The number of aryl methyl sites for hydroxylation is 1. The maximum absolute atomic E-state index is 13.1. The van der Waals surface area contributed by atoms with Crippen molar-refractivity contribution in [1.29, 1.82) is 0 Å². The van der Waals surface area contributed by atoms with Crippen molar-refractivity contribution in [3.8, 4) is 5.75 Å². The second kappa shape index (κ2) is 7.02. The molecular weight excluding hydrogens is 350 g/mol. The van der Waals surface area contributed by atoms with Gasteiger partial charge in [0.15, 0.2) is 0 Å². The minimum atomic E-state index is -3.66. The summed E-state index contributed by atoms with van der Waals surface area (Å²) >= 11 is 0. The molecule has 1 aliphatic rings. The predicted molar refractivity (Wildman–Crippen MR) is 101 cm³/mol. The highest BCUT2D eigenvalue weighted by Gasteiger charge is 2.45. The molecule has 1 N–H and O–H groups in total. The van der Waals surface area contributed by atoms with E-state index < -0.39 is 15.6 Å². The molecule has 3 rings (SSSR count). The fraction of sp³-hybridized carbons (Fsp3) is 0.400. The summed E-state index contributed by atoms with van der Waals surface area (Å²) in [5, 5.41) is 10.5. The summed E-state index contributed by atoms with van der Waals surface area (Å²) in [5.74, 6) is 0.760. The number of benzene rings is 2. The van der Waals surface area contributed by atoms with Crippen LogP contribution in [0.15, 0.2) is 53.4 Å². The van der Waals surface area contributed by atoms with Gasteiger partial charge in [0.05, 0.1) is 17.6 Å². The van der Waals surface area contributed by atoms with Crippen molar-refractivity contribution in [1.82, 2.24) is 4.31 Å². The molecule has 1 heterocycles. The van der Waals surface area contributed by atoms with E-state index in [1.54, 1.807) is 38.3 Å². The molecular formula is C20H25NO4S. The fourth-order valence-electron chi connectivity index (χ4n) is 3.47. The van der Waals surface area contributed by atoms with Gasteiger partial charge in [-0.1, -0.05) is 29.8 Å².